The topological polar surface area (TPSA) is 62.1 Å². The van der Waals surface area contributed by atoms with Gasteiger partial charge in [0.2, 0.25) is 10.0 Å². The van der Waals surface area contributed by atoms with Gasteiger partial charge in [-0.1, -0.05) is 35.9 Å². The molecule has 2 aliphatic rings. The van der Waals surface area contributed by atoms with Gasteiger partial charge in [0.25, 0.3) is 5.91 Å². The van der Waals surface area contributed by atoms with Crippen molar-refractivity contribution in [2.24, 2.45) is 0 Å². The third-order valence-corrected chi connectivity index (χ3v) is 7.97. The van der Waals surface area contributed by atoms with Crippen LogP contribution in [0.5, 0.6) is 0 Å². The van der Waals surface area contributed by atoms with Crippen LogP contribution >= 0.6 is 0 Å². The van der Waals surface area contributed by atoms with Crippen molar-refractivity contribution in [1.29, 1.82) is 0 Å². The Morgan fingerprint density at radius 3 is 2.37 bits per heavy atom. The predicted octanol–water partition coefficient (Wildman–Crippen LogP) is 1.32. The van der Waals surface area contributed by atoms with E-state index in [0.29, 0.717) is 31.7 Å². The summed E-state index contributed by atoms with van der Waals surface area (Å²) in [5.41, 5.74) is 3.05. The molecule has 1 amide bonds. The lowest BCUT2D eigenvalue weighted by Crippen LogP contribution is -3.13. The monoisotopic (exact) mass is 428 g/mol. The van der Waals surface area contributed by atoms with Gasteiger partial charge in [-0.3, -0.25) is 4.79 Å². The Bertz CT molecular complexity index is 1010. The number of amides is 1. The van der Waals surface area contributed by atoms with Crippen LogP contribution < -0.4 is 4.90 Å². The van der Waals surface area contributed by atoms with Gasteiger partial charge < -0.3 is 9.80 Å². The highest BCUT2D eigenvalue weighted by molar-refractivity contribution is 7.89. The second kappa shape index (κ2) is 8.88. The second-order valence-corrected chi connectivity index (χ2v) is 10.3. The van der Waals surface area contributed by atoms with E-state index in [1.807, 2.05) is 4.90 Å². The molecule has 2 fully saturated rings. The van der Waals surface area contributed by atoms with Crippen LogP contribution in [0, 0.1) is 6.92 Å². The summed E-state index contributed by atoms with van der Waals surface area (Å²) < 4.78 is 27.2. The van der Waals surface area contributed by atoms with Crippen molar-refractivity contribution in [1.82, 2.24) is 9.21 Å². The Morgan fingerprint density at radius 2 is 1.67 bits per heavy atom. The minimum Gasteiger partial charge on any atom is -0.328 e. The lowest BCUT2D eigenvalue weighted by atomic mass is 10.1. The number of carbonyl (C=O) groups is 1. The summed E-state index contributed by atoms with van der Waals surface area (Å²) in [5, 5.41) is 0. The number of quaternary nitrogens is 1. The molecule has 6 nitrogen and oxygen atoms in total. The van der Waals surface area contributed by atoms with Gasteiger partial charge in [-0.2, -0.15) is 4.31 Å². The molecule has 1 N–H and O–H groups in total. The van der Waals surface area contributed by atoms with Crippen LogP contribution in [0.4, 0.5) is 0 Å². The molecule has 2 saturated heterocycles. The van der Waals surface area contributed by atoms with Crippen molar-refractivity contribution in [3.63, 3.8) is 0 Å². The molecular weight excluding hydrogens is 398 g/mol. The smallest absolute Gasteiger partial charge is 0.254 e. The highest BCUT2D eigenvalue weighted by Crippen LogP contribution is 2.22. The highest BCUT2D eigenvalue weighted by Gasteiger charge is 2.29. The maximum absolute atomic E-state index is 13.0. The van der Waals surface area contributed by atoms with Gasteiger partial charge in [-0.05, 0) is 38.0 Å². The Labute approximate surface area is 179 Å². The molecule has 2 aliphatic heterocycles. The van der Waals surface area contributed by atoms with E-state index in [1.54, 1.807) is 24.3 Å². The summed E-state index contributed by atoms with van der Waals surface area (Å²) in [6.07, 6.45) is 1.79. The van der Waals surface area contributed by atoms with Crippen molar-refractivity contribution in [2.45, 2.75) is 31.2 Å². The van der Waals surface area contributed by atoms with E-state index >= 15 is 0 Å². The number of hydrogen-bond donors (Lipinski definition) is 1. The summed E-state index contributed by atoms with van der Waals surface area (Å²) in [5.74, 6) is -0.0805. The van der Waals surface area contributed by atoms with Crippen LogP contribution in [0.15, 0.2) is 53.4 Å². The highest BCUT2D eigenvalue weighted by atomic mass is 32.2. The largest absolute Gasteiger partial charge is 0.328 e. The zero-order chi connectivity index (χ0) is 21.1. The SMILES string of the molecule is Cc1cccc(C[NH+]2CCN(C(=O)c3cccc(S(=O)(=O)N4CCCC4)c3)CC2)c1. The van der Waals surface area contributed by atoms with Gasteiger partial charge in [0.15, 0.2) is 0 Å². The lowest BCUT2D eigenvalue weighted by Gasteiger charge is -2.32. The van der Waals surface area contributed by atoms with E-state index in [9.17, 15) is 13.2 Å². The normalized spacial score (nSPS) is 18.6. The van der Waals surface area contributed by atoms with Crippen molar-refractivity contribution < 1.29 is 18.1 Å². The molecule has 0 atom stereocenters. The van der Waals surface area contributed by atoms with Crippen LogP contribution in [0.25, 0.3) is 0 Å². The molecule has 4 rings (SSSR count). The fourth-order valence-electron chi connectivity index (χ4n) is 4.36. The zero-order valence-corrected chi connectivity index (χ0v) is 18.3. The number of nitrogens with one attached hydrogen (secondary N) is 1. The maximum Gasteiger partial charge on any atom is 0.254 e. The summed E-state index contributed by atoms with van der Waals surface area (Å²) in [4.78, 5) is 16.6. The maximum atomic E-state index is 13.0. The van der Waals surface area contributed by atoms with Gasteiger partial charge in [-0.25, -0.2) is 8.42 Å². The number of aryl methyl sites for hydroxylation is 1. The van der Waals surface area contributed by atoms with Gasteiger partial charge in [0.1, 0.15) is 6.54 Å². The molecule has 0 saturated carbocycles. The van der Waals surface area contributed by atoms with E-state index in [-0.39, 0.29) is 10.8 Å². The quantitative estimate of drug-likeness (QED) is 0.781. The average molecular weight is 429 g/mol. The Kier molecular flexibility index (Phi) is 6.22. The molecule has 0 spiro atoms. The molecule has 0 bridgehead atoms. The summed E-state index contributed by atoms with van der Waals surface area (Å²) >= 11 is 0. The number of rotatable bonds is 5. The molecule has 2 aromatic carbocycles. The van der Waals surface area contributed by atoms with Crippen molar-refractivity contribution in [2.75, 3.05) is 39.3 Å². The van der Waals surface area contributed by atoms with E-state index < -0.39 is 10.0 Å². The van der Waals surface area contributed by atoms with Gasteiger partial charge in [-0.15, -0.1) is 0 Å². The summed E-state index contributed by atoms with van der Waals surface area (Å²) in [6, 6.07) is 15.1. The molecule has 2 aromatic rings. The van der Waals surface area contributed by atoms with Crippen molar-refractivity contribution in [3.8, 4) is 0 Å². The number of piperazine rings is 1. The Balaban J connectivity index is 1.39. The zero-order valence-electron chi connectivity index (χ0n) is 17.5. The van der Waals surface area contributed by atoms with Crippen LogP contribution in [0.2, 0.25) is 0 Å². The first-order valence-corrected chi connectivity index (χ1v) is 12.2. The average Bonchev–Trinajstić information content (AvgIpc) is 3.30. The van der Waals surface area contributed by atoms with E-state index in [1.165, 1.54) is 20.3 Å². The third-order valence-electron chi connectivity index (χ3n) is 6.08. The number of benzene rings is 2. The first-order chi connectivity index (χ1) is 14.4. The van der Waals surface area contributed by atoms with Crippen molar-refractivity contribution >= 4 is 15.9 Å². The molecule has 0 unspecified atom stereocenters. The van der Waals surface area contributed by atoms with Crippen LogP contribution in [0.1, 0.15) is 34.3 Å². The molecule has 160 valence electrons. The molecule has 0 aliphatic carbocycles. The minimum atomic E-state index is -3.51. The number of hydrogen-bond acceptors (Lipinski definition) is 3. The number of nitrogens with zero attached hydrogens (tertiary/aromatic N) is 2. The van der Waals surface area contributed by atoms with Crippen molar-refractivity contribution in [3.05, 3.63) is 65.2 Å². The molecule has 2 heterocycles. The fraction of sp³-hybridized carbons (Fsp3) is 0.435. The Hall–Kier alpha value is -2.22. The van der Waals surface area contributed by atoms with Gasteiger partial charge in [0, 0.05) is 24.2 Å². The summed E-state index contributed by atoms with van der Waals surface area (Å²) in [6.45, 7) is 7.35. The first-order valence-electron chi connectivity index (χ1n) is 10.7. The van der Waals surface area contributed by atoms with E-state index in [0.717, 1.165) is 32.5 Å². The van der Waals surface area contributed by atoms with Crippen LogP contribution in [-0.2, 0) is 16.6 Å². The van der Waals surface area contributed by atoms with E-state index in [2.05, 4.69) is 31.2 Å². The molecule has 0 aromatic heterocycles. The minimum absolute atomic E-state index is 0.0805. The van der Waals surface area contributed by atoms with Gasteiger partial charge >= 0.3 is 0 Å². The second-order valence-electron chi connectivity index (χ2n) is 8.35. The van der Waals surface area contributed by atoms with Crippen LogP contribution in [-0.4, -0.2) is 62.8 Å². The molecule has 0 radical (unpaired) electrons. The van der Waals surface area contributed by atoms with Gasteiger partial charge in [0.05, 0.1) is 31.1 Å². The first kappa shape index (κ1) is 21.0. The Morgan fingerprint density at radius 1 is 0.967 bits per heavy atom. The van der Waals surface area contributed by atoms with E-state index in [4.69, 9.17) is 0 Å². The summed E-state index contributed by atoms with van der Waals surface area (Å²) in [7, 11) is -3.51. The fourth-order valence-corrected chi connectivity index (χ4v) is 5.93. The standard InChI is InChI=1S/C23H29N3O3S/c1-19-6-4-7-20(16-19)18-24-12-14-25(15-13-24)23(27)21-8-5-9-22(17-21)30(28,29)26-10-2-3-11-26/h4-9,16-17H,2-3,10-15,18H2,1H3/p+1. The molecular formula is C23H30N3O3S+. The van der Waals surface area contributed by atoms with Crippen LogP contribution in [0.3, 0.4) is 0 Å². The number of sulfonamides is 1. The lowest BCUT2D eigenvalue weighted by molar-refractivity contribution is -0.917. The number of carbonyl (C=O) groups excluding carboxylic acids is 1. The predicted molar refractivity (Wildman–Crippen MR) is 116 cm³/mol. The third kappa shape index (κ3) is 4.58. The molecule has 30 heavy (non-hydrogen) atoms. The molecule has 7 heteroatoms.